The fraction of sp³-hybridized carbons (Fsp3) is 0.714. The van der Waals surface area contributed by atoms with Crippen LogP contribution in [0.2, 0.25) is 8.94 Å². The second-order valence-corrected chi connectivity index (χ2v) is 5.65. The Hall–Kier alpha value is 0.530. The van der Waals surface area contributed by atoms with E-state index in [0.29, 0.717) is 0 Å². The van der Waals surface area contributed by atoms with Crippen LogP contribution in [0.15, 0.2) is 11.6 Å². The van der Waals surface area contributed by atoms with Crippen molar-refractivity contribution in [3.8, 4) is 0 Å². The molecule has 0 aliphatic rings. The maximum atomic E-state index is 2.36. The van der Waals surface area contributed by atoms with Gasteiger partial charge in [0.05, 0.1) is 0 Å². The van der Waals surface area contributed by atoms with Gasteiger partial charge in [-0.1, -0.05) is 0 Å². The Bertz CT molecular complexity index is 80.4. The molecule has 48 valence electrons. The molecule has 0 fully saturated rings. The van der Waals surface area contributed by atoms with E-state index in [-0.39, 0.29) is 20.9 Å². The van der Waals surface area contributed by atoms with Crippen LogP contribution in [0.1, 0.15) is 20.8 Å². The zero-order valence-electron chi connectivity index (χ0n) is 6.06. The summed E-state index contributed by atoms with van der Waals surface area (Å²) in [5, 5.41) is 0. The quantitative estimate of drug-likeness (QED) is 0.501. The van der Waals surface area contributed by atoms with Crippen LogP contribution < -0.4 is 0 Å². The zero-order chi connectivity index (χ0) is 6.57. The van der Waals surface area contributed by atoms with E-state index in [1.54, 1.807) is 0 Å². The van der Waals surface area contributed by atoms with Crippen LogP contribution in [0.25, 0.3) is 0 Å². The maximum absolute atomic E-state index is 2.36. The summed E-state index contributed by atoms with van der Waals surface area (Å²) >= 11 is 0.285. The monoisotopic (exact) mass is 228 g/mol. The normalized spacial score (nSPS) is 13.0. The number of hydrogen-bond acceptors (Lipinski definition) is 0. The summed E-state index contributed by atoms with van der Waals surface area (Å²) < 4.78 is 0.894. The summed E-state index contributed by atoms with van der Waals surface area (Å²) in [6, 6.07) is 0. The molecule has 0 N–H and O–H groups in total. The summed E-state index contributed by atoms with van der Waals surface area (Å²) in [6.07, 6.45) is 2.36. The number of rotatable bonds is 2. The Morgan fingerprint density at radius 3 is 2.12 bits per heavy atom. The molecule has 0 nitrogen and oxygen atoms in total. The fourth-order valence-corrected chi connectivity index (χ4v) is 1.70. The summed E-state index contributed by atoms with van der Waals surface area (Å²) in [4.78, 5) is 2.34. The van der Waals surface area contributed by atoms with Crippen molar-refractivity contribution in [1.29, 1.82) is 0 Å². The van der Waals surface area contributed by atoms with Gasteiger partial charge in [0.15, 0.2) is 0 Å². The Morgan fingerprint density at radius 1 is 1.50 bits per heavy atom. The molecule has 0 amide bonds. The average molecular weight is 226 g/mol. The van der Waals surface area contributed by atoms with Crippen LogP contribution in [0.5, 0.6) is 0 Å². The van der Waals surface area contributed by atoms with Gasteiger partial charge in [-0.2, -0.15) is 0 Å². The van der Waals surface area contributed by atoms with Gasteiger partial charge >= 0.3 is 62.3 Å². The molecule has 0 radical (unpaired) electrons. The van der Waals surface area contributed by atoms with Gasteiger partial charge in [0.2, 0.25) is 0 Å². The van der Waals surface area contributed by atoms with Crippen LogP contribution in [-0.2, 0) is 0 Å². The standard InChI is InChI=1S/C7H14Te/c1-6(2)5-7(3)8-4/h5,7H,1-4H3. The van der Waals surface area contributed by atoms with Crippen LogP contribution >= 0.6 is 0 Å². The molecule has 0 aromatic rings. The molecule has 0 saturated heterocycles. The predicted molar refractivity (Wildman–Crippen MR) is 40.5 cm³/mol. The van der Waals surface area contributed by atoms with Gasteiger partial charge in [0, 0.05) is 0 Å². The van der Waals surface area contributed by atoms with E-state index in [4.69, 9.17) is 0 Å². The van der Waals surface area contributed by atoms with Gasteiger partial charge in [-0.15, -0.1) is 0 Å². The molecule has 0 aliphatic heterocycles. The van der Waals surface area contributed by atoms with E-state index in [0.717, 1.165) is 3.97 Å². The van der Waals surface area contributed by atoms with Crippen LogP contribution in [0.4, 0.5) is 0 Å². The molecule has 0 heterocycles. The van der Waals surface area contributed by atoms with Crippen molar-refractivity contribution in [3.05, 3.63) is 11.6 Å². The summed E-state index contributed by atoms with van der Waals surface area (Å²) in [6.45, 7) is 6.63. The van der Waals surface area contributed by atoms with Crippen molar-refractivity contribution < 1.29 is 0 Å². The van der Waals surface area contributed by atoms with Gasteiger partial charge in [-0.05, 0) is 0 Å². The molecule has 0 aromatic carbocycles. The van der Waals surface area contributed by atoms with Gasteiger partial charge in [-0.3, -0.25) is 0 Å². The predicted octanol–water partition coefficient (Wildman–Crippen LogP) is 2.51. The van der Waals surface area contributed by atoms with E-state index in [1.165, 1.54) is 5.57 Å². The molecule has 0 aromatic heterocycles. The van der Waals surface area contributed by atoms with E-state index in [2.05, 4.69) is 31.8 Å². The first-order chi connectivity index (χ1) is 3.66. The van der Waals surface area contributed by atoms with Gasteiger partial charge in [0.25, 0.3) is 0 Å². The van der Waals surface area contributed by atoms with E-state index < -0.39 is 0 Å². The molecule has 1 atom stereocenters. The zero-order valence-corrected chi connectivity index (χ0v) is 8.39. The Morgan fingerprint density at radius 2 is 2.00 bits per heavy atom. The summed E-state index contributed by atoms with van der Waals surface area (Å²) in [5.74, 6) is 0. The second-order valence-electron chi connectivity index (χ2n) is 2.18. The van der Waals surface area contributed by atoms with E-state index >= 15 is 0 Å². The third kappa shape index (κ3) is 4.68. The summed E-state index contributed by atoms with van der Waals surface area (Å²) in [7, 11) is 0. The Balaban J connectivity index is 3.51. The van der Waals surface area contributed by atoms with Gasteiger partial charge < -0.3 is 0 Å². The van der Waals surface area contributed by atoms with Crippen LogP contribution in [0.3, 0.4) is 0 Å². The molecule has 0 bridgehead atoms. The van der Waals surface area contributed by atoms with Crippen molar-refractivity contribution in [2.45, 2.75) is 29.7 Å². The minimum absolute atomic E-state index is 0.285. The van der Waals surface area contributed by atoms with Crippen molar-refractivity contribution >= 4 is 20.9 Å². The molecule has 8 heavy (non-hydrogen) atoms. The molecular weight excluding hydrogens is 212 g/mol. The Labute approximate surface area is 62.4 Å². The van der Waals surface area contributed by atoms with Crippen LogP contribution in [0, 0.1) is 0 Å². The molecule has 0 saturated carbocycles. The van der Waals surface area contributed by atoms with E-state index in [1.807, 2.05) is 0 Å². The molecule has 0 rings (SSSR count). The minimum atomic E-state index is 0.285. The van der Waals surface area contributed by atoms with Crippen molar-refractivity contribution in [1.82, 2.24) is 0 Å². The third-order valence-electron chi connectivity index (χ3n) is 0.940. The molecular formula is C7H14Te. The summed E-state index contributed by atoms with van der Waals surface area (Å²) in [5.41, 5.74) is 1.46. The van der Waals surface area contributed by atoms with Crippen LogP contribution in [-0.4, -0.2) is 20.9 Å². The first kappa shape index (κ1) is 8.53. The fourth-order valence-electron chi connectivity index (χ4n) is 0.537. The van der Waals surface area contributed by atoms with Crippen molar-refractivity contribution in [2.24, 2.45) is 0 Å². The number of hydrogen-bond donors (Lipinski definition) is 0. The van der Waals surface area contributed by atoms with E-state index in [9.17, 15) is 0 Å². The van der Waals surface area contributed by atoms with Crippen molar-refractivity contribution in [3.63, 3.8) is 0 Å². The SMILES string of the molecule is C[Te]C(C)C=C(C)C. The number of allylic oxidation sites excluding steroid dienone is 2. The first-order valence-corrected chi connectivity index (χ1v) is 6.52. The molecule has 0 aliphatic carbocycles. The molecule has 1 unspecified atom stereocenters. The van der Waals surface area contributed by atoms with Crippen molar-refractivity contribution in [2.75, 3.05) is 0 Å². The topological polar surface area (TPSA) is 0 Å². The third-order valence-corrected chi connectivity index (χ3v) is 3.45. The van der Waals surface area contributed by atoms with Gasteiger partial charge in [-0.25, -0.2) is 0 Å². The second kappa shape index (κ2) is 4.41. The Kier molecular flexibility index (Phi) is 4.70. The average Bonchev–Trinajstić information content (AvgIpc) is 1.65. The molecule has 1 heteroatoms. The first-order valence-electron chi connectivity index (χ1n) is 2.84. The van der Waals surface area contributed by atoms with Gasteiger partial charge in [0.1, 0.15) is 0 Å². The molecule has 0 spiro atoms.